The predicted molar refractivity (Wildman–Crippen MR) is 101 cm³/mol. The van der Waals surface area contributed by atoms with E-state index in [1.165, 1.54) is 5.56 Å². The second kappa shape index (κ2) is 9.13. The van der Waals surface area contributed by atoms with Gasteiger partial charge in [-0.2, -0.15) is 0 Å². The monoisotopic (exact) mass is 358 g/mol. The number of para-hydroxylation sites is 1. The number of hydrogen-bond acceptors (Lipinski definition) is 4. The summed E-state index contributed by atoms with van der Waals surface area (Å²) in [4.78, 5) is 10.9. The summed E-state index contributed by atoms with van der Waals surface area (Å²) in [6, 6.07) is 9.62. The molecule has 2 aromatic carbocycles. The van der Waals surface area contributed by atoms with Crippen molar-refractivity contribution >= 4 is 5.97 Å². The summed E-state index contributed by atoms with van der Waals surface area (Å²) < 4.78 is 17.2. The number of carbonyl (C=O) groups is 1. The first-order valence-corrected chi connectivity index (χ1v) is 8.64. The molecule has 1 N–H and O–H groups in total. The number of hydrogen-bond donors (Lipinski definition) is 1. The Balaban J connectivity index is 2.03. The highest BCUT2D eigenvalue weighted by Crippen LogP contribution is 2.32. The Bertz CT molecular complexity index is 767. The molecule has 5 heteroatoms. The fourth-order valence-electron chi connectivity index (χ4n) is 2.76. The van der Waals surface area contributed by atoms with Crippen molar-refractivity contribution in [2.45, 2.75) is 33.6 Å². The van der Waals surface area contributed by atoms with Gasteiger partial charge < -0.3 is 19.3 Å². The third-order valence-electron chi connectivity index (χ3n) is 4.34. The van der Waals surface area contributed by atoms with Gasteiger partial charge in [0.25, 0.3) is 0 Å². The van der Waals surface area contributed by atoms with Gasteiger partial charge in [-0.1, -0.05) is 24.3 Å². The average Bonchev–Trinajstić information content (AvgIpc) is 2.62. The summed E-state index contributed by atoms with van der Waals surface area (Å²) in [6.45, 7) is 6.85. The number of aliphatic carboxylic acids is 1. The van der Waals surface area contributed by atoms with E-state index in [2.05, 4.69) is 13.0 Å². The maximum atomic E-state index is 10.9. The van der Waals surface area contributed by atoms with Gasteiger partial charge in [0.15, 0.2) is 11.5 Å². The van der Waals surface area contributed by atoms with Crippen molar-refractivity contribution in [3.8, 4) is 17.2 Å². The van der Waals surface area contributed by atoms with Crippen molar-refractivity contribution in [2.75, 3.05) is 20.3 Å². The minimum atomic E-state index is -0.840. The topological polar surface area (TPSA) is 65.0 Å². The van der Waals surface area contributed by atoms with Crippen LogP contribution >= 0.6 is 0 Å². The molecule has 0 saturated heterocycles. The first-order valence-electron chi connectivity index (χ1n) is 8.64. The smallest absolute Gasteiger partial charge is 0.303 e. The lowest BCUT2D eigenvalue weighted by Crippen LogP contribution is -2.12. The van der Waals surface area contributed by atoms with Gasteiger partial charge in [-0.3, -0.25) is 4.79 Å². The third kappa shape index (κ3) is 4.91. The van der Waals surface area contributed by atoms with E-state index in [9.17, 15) is 4.79 Å². The summed E-state index contributed by atoms with van der Waals surface area (Å²) in [5.74, 6) is 1.22. The van der Waals surface area contributed by atoms with E-state index in [1.54, 1.807) is 13.2 Å². The van der Waals surface area contributed by atoms with Crippen molar-refractivity contribution in [1.82, 2.24) is 0 Å². The minimum Gasteiger partial charge on any atom is -0.493 e. The van der Waals surface area contributed by atoms with E-state index in [0.717, 1.165) is 22.4 Å². The molecule has 2 rings (SSSR count). The zero-order valence-electron chi connectivity index (χ0n) is 15.8. The van der Waals surface area contributed by atoms with Crippen LogP contribution in [0.4, 0.5) is 0 Å². The number of aryl methyl sites for hydroxylation is 3. The minimum absolute atomic E-state index is 0.0434. The van der Waals surface area contributed by atoms with Crippen LogP contribution < -0.4 is 14.2 Å². The van der Waals surface area contributed by atoms with Gasteiger partial charge in [0.1, 0.15) is 19.0 Å². The van der Waals surface area contributed by atoms with Gasteiger partial charge in [0.2, 0.25) is 0 Å². The molecule has 0 atom stereocenters. The normalized spacial score (nSPS) is 10.5. The number of carboxylic acid groups (broad SMARTS) is 1. The first-order chi connectivity index (χ1) is 12.4. The molecule has 0 aliphatic heterocycles. The van der Waals surface area contributed by atoms with Crippen molar-refractivity contribution in [1.29, 1.82) is 0 Å². The molecular weight excluding hydrogens is 332 g/mol. The van der Waals surface area contributed by atoms with Gasteiger partial charge in [-0.15, -0.1) is 0 Å². The molecule has 140 valence electrons. The van der Waals surface area contributed by atoms with E-state index in [4.69, 9.17) is 19.3 Å². The van der Waals surface area contributed by atoms with Crippen LogP contribution in [-0.4, -0.2) is 31.4 Å². The van der Waals surface area contributed by atoms with E-state index >= 15 is 0 Å². The lowest BCUT2D eigenvalue weighted by Gasteiger charge is -2.17. The van der Waals surface area contributed by atoms with Crippen LogP contribution in [0.15, 0.2) is 30.3 Å². The van der Waals surface area contributed by atoms with Gasteiger partial charge in [0.05, 0.1) is 7.11 Å². The third-order valence-corrected chi connectivity index (χ3v) is 4.34. The van der Waals surface area contributed by atoms with Crippen molar-refractivity contribution < 1.29 is 24.1 Å². The van der Waals surface area contributed by atoms with Crippen LogP contribution in [-0.2, 0) is 11.2 Å². The van der Waals surface area contributed by atoms with E-state index in [1.807, 2.05) is 32.0 Å². The fourth-order valence-corrected chi connectivity index (χ4v) is 2.76. The average molecular weight is 358 g/mol. The zero-order valence-corrected chi connectivity index (χ0v) is 15.8. The second-order valence-electron chi connectivity index (χ2n) is 6.19. The summed E-state index contributed by atoms with van der Waals surface area (Å²) in [5, 5.41) is 8.91. The molecule has 0 aromatic heterocycles. The summed E-state index contributed by atoms with van der Waals surface area (Å²) in [5.41, 5.74) is 4.22. The van der Waals surface area contributed by atoms with Crippen molar-refractivity contribution in [3.05, 3.63) is 52.6 Å². The summed E-state index contributed by atoms with van der Waals surface area (Å²) >= 11 is 0. The molecule has 26 heavy (non-hydrogen) atoms. The Kier molecular flexibility index (Phi) is 6.89. The maximum absolute atomic E-state index is 10.9. The maximum Gasteiger partial charge on any atom is 0.303 e. The number of carboxylic acids is 1. The van der Waals surface area contributed by atoms with Crippen LogP contribution in [0.3, 0.4) is 0 Å². The molecule has 2 aromatic rings. The highest BCUT2D eigenvalue weighted by Gasteiger charge is 2.12. The number of ether oxygens (including phenoxy) is 3. The Morgan fingerprint density at radius 2 is 1.62 bits per heavy atom. The van der Waals surface area contributed by atoms with Crippen LogP contribution in [0.5, 0.6) is 17.2 Å². The van der Waals surface area contributed by atoms with Gasteiger partial charge >= 0.3 is 5.97 Å². The quantitative estimate of drug-likeness (QED) is 0.684. The molecule has 0 saturated carbocycles. The highest BCUT2D eigenvalue weighted by molar-refractivity contribution is 5.67. The van der Waals surface area contributed by atoms with Crippen LogP contribution in [0.1, 0.15) is 28.7 Å². The Morgan fingerprint density at radius 3 is 2.27 bits per heavy atom. The molecule has 0 radical (unpaired) electrons. The number of rotatable bonds is 9. The van der Waals surface area contributed by atoms with Gasteiger partial charge in [0, 0.05) is 6.42 Å². The van der Waals surface area contributed by atoms with Gasteiger partial charge in [-0.25, -0.2) is 0 Å². The molecular formula is C21H26O5. The first kappa shape index (κ1) is 19.6. The molecule has 0 amide bonds. The van der Waals surface area contributed by atoms with E-state index in [-0.39, 0.29) is 6.42 Å². The molecule has 0 aliphatic carbocycles. The lowest BCUT2D eigenvalue weighted by molar-refractivity contribution is -0.136. The molecule has 0 unspecified atom stereocenters. The highest BCUT2D eigenvalue weighted by atomic mass is 16.5. The molecule has 0 bridgehead atoms. The van der Waals surface area contributed by atoms with E-state index < -0.39 is 5.97 Å². The summed E-state index contributed by atoms with van der Waals surface area (Å²) in [7, 11) is 1.57. The Labute approximate surface area is 154 Å². The van der Waals surface area contributed by atoms with E-state index in [0.29, 0.717) is 31.1 Å². The Hall–Kier alpha value is -2.69. The SMILES string of the molecule is COc1cccc(CCC(=O)O)c1OCCOc1c(C)ccc(C)c1C. The molecule has 0 aliphatic rings. The predicted octanol–water partition coefficient (Wildman–Crippen LogP) is 4.10. The Morgan fingerprint density at radius 1 is 0.962 bits per heavy atom. The standard InChI is InChI=1S/C21H26O5/c1-14-8-9-15(2)20(16(14)3)25-12-13-26-21-17(10-11-19(22)23)6-5-7-18(21)24-4/h5-9H,10-13H2,1-4H3,(H,22,23). The number of benzene rings is 2. The molecule has 5 nitrogen and oxygen atoms in total. The molecule has 0 spiro atoms. The zero-order chi connectivity index (χ0) is 19.1. The van der Waals surface area contributed by atoms with Crippen molar-refractivity contribution in [3.63, 3.8) is 0 Å². The lowest BCUT2D eigenvalue weighted by atomic mass is 10.1. The molecule has 0 heterocycles. The molecule has 0 fully saturated rings. The van der Waals surface area contributed by atoms with Crippen molar-refractivity contribution in [2.24, 2.45) is 0 Å². The largest absolute Gasteiger partial charge is 0.493 e. The van der Waals surface area contributed by atoms with Gasteiger partial charge in [-0.05, 0) is 55.5 Å². The second-order valence-corrected chi connectivity index (χ2v) is 6.19. The van der Waals surface area contributed by atoms with Crippen LogP contribution in [0, 0.1) is 20.8 Å². The summed E-state index contributed by atoms with van der Waals surface area (Å²) in [6.07, 6.45) is 0.431. The number of methoxy groups -OCH3 is 1. The van der Waals surface area contributed by atoms with Crippen LogP contribution in [0.2, 0.25) is 0 Å². The van der Waals surface area contributed by atoms with Crippen LogP contribution in [0.25, 0.3) is 0 Å². The fraction of sp³-hybridized carbons (Fsp3) is 0.381.